The van der Waals surface area contributed by atoms with Crippen LogP contribution in [0.15, 0.2) is 42.7 Å². The first-order valence-corrected chi connectivity index (χ1v) is 7.12. The fourth-order valence-electron chi connectivity index (χ4n) is 1.69. The Labute approximate surface area is 138 Å². The van der Waals surface area contributed by atoms with Gasteiger partial charge in [0.2, 0.25) is 0 Å². The molecule has 0 aliphatic heterocycles. The summed E-state index contributed by atoms with van der Waals surface area (Å²) < 4.78 is 4.76. The number of hydrogen-bond acceptors (Lipinski definition) is 6. The molecule has 2 aromatic rings. The third-order valence-corrected chi connectivity index (χ3v) is 2.87. The Morgan fingerprint density at radius 1 is 1.08 bits per heavy atom. The molecule has 124 valence electrons. The molecule has 2 N–H and O–H groups in total. The van der Waals surface area contributed by atoms with Gasteiger partial charge in [-0.05, 0) is 12.5 Å². The van der Waals surface area contributed by atoms with Gasteiger partial charge in [-0.25, -0.2) is 14.6 Å². The monoisotopic (exact) mass is 328 g/mol. The summed E-state index contributed by atoms with van der Waals surface area (Å²) >= 11 is 0. The number of hydrogen-bond donors (Lipinski definition) is 2. The van der Waals surface area contributed by atoms with Crippen molar-refractivity contribution in [2.45, 2.75) is 13.5 Å². The van der Waals surface area contributed by atoms with E-state index in [-0.39, 0.29) is 12.2 Å². The molecular weight excluding hydrogens is 312 g/mol. The van der Waals surface area contributed by atoms with Gasteiger partial charge in [-0.15, -0.1) is 0 Å². The summed E-state index contributed by atoms with van der Waals surface area (Å²) in [6.07, 6.45) is 2.66. The van der Waals surface area contributed by atoms with Crippen LogP contribution < -0.4 is 10.6 Å². The third-order valence-electron chi connectivity index (χ3n) is 2.87. The number of ether oxygens (including phenoxy) is 1. The predicted molar refractivity (Wildman–Crippen MR) is 83.9 cm³/mol. The first-order chi connectivity index (χ1) is 11.5. The van der Waals surface area contributed by atoms with Gasteiger partial charge in [0.15, 0.2) is 12.3 Å². The van der Waals surface area contributed by atoms with Gasteiger partial charge in [0.1, 0.15) is 0 Å². The van der Waals surface area contributed by atoms with Crippen LogP contribution in [0.3, 0.4) is 0 Å². The minimum absolute atomic E-state index is 0.0121. The lowest BCUT2D eigenvalue weighted by molar-refractivity contribution is -0.123. The molecule has 24 heavy (non-hydrogen) atoms. The van der Waals surface area contributed by atoms with E-state index in [4.69, 9.17) is 4.74 Å². The SMILES string of the molecule is Cc1cnc(C(=O)OCC(=O)NC(=O)NCc2ccccc2)cn1. The number of imide groups is 1. The van der Waals surface area contributed by atoms with E-state index in [1.165, 1.54) is 12.4 Å². The Hall–Kier alpha value is -3.29. The molecule has 0 bridgehead atoms. The topological polar surface area (TPSA) is 110 Å². The number of amides is 3. The largest absolute Gasteiger partial charge is 0.451 e. The van der Waals surface area contributed by atoms with Gasteiger partial charge >= 0.3 is 12.0 Å². The van der Waals surface area contributed by atoms with Crippen molar-refractivity contribution in [2.75, 3.05) is 6.61 Å². The molecule has 3 amide bonds. The maximum absolute atomic E-state index is 11.7. The standard InChI is InChI=1S/C16H16N4O4/c1-11-7-18-13(9-17-11)15(22)24-10-14(21)20-16(23)19-8-12-5-3-2-4-6-12/h2-7,9H,8,10H2,1H3,(H2,19,20,21,23). The number of aromatic nitrogens is 2. The van der Waals surface area contributed by atoms with Gasteiger partial charge in [0.05, 0.1) is 11.9 Å². The fourth-order valence-corrected chi connectivity index (χ4v) is 1.69. The summed E-state index contributed by atoms with van der Waals surface area (Å²) in [5, 5.41) is 4.59. The number of benzene rings is 1. The number of carbonyl (C=O) groups excluding carboxylic acids is 3. The first-order valence-electron chi connectivity index (χ1n) is 7.12. The molecule has 0 unspecified atom stereocenters. The minimum atomic E-state index is -0.789. The zero-order valence-electron chi connectivity index (χ0n) is 13.0. The molecular formula is C16H16N4O4. The Morgan fingerprint density at radius 2 is 1.83 bits per heavy atom. The van der Waals surface area contributed by atoms with Gasteiger partial charge in [-0.3, -0.25) is 15.1 Å². The summed E-state index contributed by atoms with van der Waals surface area (Å²) in [5.41, 5.74) is 1.53. The van der Waals surface area contributed by atoms with E-state index in [9.17, 15) is 14.4 Å². The molecule has 0 spiro atoms. The van der Waals surface area contributed by atoms with E-state index in [1.807, 2.05) is 30.3 Å². The summed E-state index contributed by atoms with van der Waals surface area (Å²) in [5.74, 6) is -1.53. The molecule has 0 aliphatic rings. The van der Waals surface area contributed by atoms with Crippen LogP contribution >= 0.6 is 0 Å². The second kappa shape index (κ2) is 8.37. The summed E-state index contributed by atoms with van der Waals surface area (Å²) in [6.45, 7) is 1.41. The number of urea groups is 1. The molecule has 8 nitrogen and oxygen atoms in total. The van der Waals surface area contributed by atoms with Crippen molar-refractivity contribution in [2.24, 2.45) is 0 Å². The van der Waals surface area contributed by atoms with E-state index >= 15 is 0 Å². The number of nitrogens with zero attached hydrogens (tertiary/aromatic N) is 2. The van der Waals surface area contributed by atoms with Crippen LogP contribution in [0.4, 0.5) is 4.79 Å². The minimum Gasteiger partial charge on any atom is -0.451 e. The lowest BCUT2D eigenvalue weighted by atomic mass is 10.2. The van der Waals surface area contributed by atoms with Gasteiger partial charge in [0.25, 0.3) is 5.91 Å². The molecule has 1 heterocycles. The second-order valence-corrected chi connectivity index (χ2v) is 4.84. The lowest BCUT2D eigenvalue weighted by Gasteiger charge is -2.07. The summed E-state index contributed by atoms with van der Waals surface area (Å²) in [6, 6.07) is 8.55. The maximum Gasteiger partial charge on any atom is 0.359 e. The van der Waals surface area contributed by atoms with Crippen molar-refractivity contribution in [1.82, 2.24) is 20.6 Å². The second-order valence-electron chi connectivity index (χ2n) is 4.84. The number of nitrogens with one attached hydrogen (secondary N) is 2. The number of aryl methyl sites for hydroxylation is 1. The van der Waals surface area contributed by atoms with Crippen LogP contribution in [0, 0.1) is 6.92 Å². The highest BCUT2D eigenvalue weighted by Crippen LogP contribution is 1.98. The van der Waals surface area contributed by atoms with Crippen LogP contribution in [-0.4, -0.2) is 34.5 Å². The van der Waals surface area contributed by atoms with Crippen molar-refractivity contribution < 1.29 is 19.1 Å². The van der Waals surface area contributed by atoms with Gasteiger partial charge in [-0.1, -0.05) is 30.3 Å². The van der Waals surface area contributed by atoms with Crippen LogP contribution in [0.1, 0.15) is 21.7 Å². The van der Waals surface area contributed by atoms with E-state index in [0.29, 0.717) is 5.69 Å². The maximum atomic E-state index is 11.7. The van der Waals surface area contributed by atoms with Crippen molar-refractivity contribution in [3.63, 3.8) is 0 Å². The van der Waals surface area contributed by atoms with Crippen LogP contribution in [0.25, 0.3) is 0 Å². The quantitative estimate of drug-likeness (QED) is 0.791. The molecule has 0 fully saturated rings. The van der Waals surface area contributed by atoms with E-state index < -0.39 is 24.5 Å². The van der Waals surface area contributed by atoms with Crippen molar-refractivity contribution in [3.8, 4) is 0 Å². The van der Waals surface area contributed by atoms with E-state index in [1.54, 1.807) is 6.92 Å². The number of carbonyl (C=O) groups is 3. The zero-order valence-corrected chi connectivity index (χ0v) is 13.0. The fraction of sp³-hybridized carbons (Fsp3) is 0.188. The normalized spacial score (nSPS) is 9.88. The van der Waals surface area contributed by atoms with Crippen molar-refractivity contribution in [3.05, 3.63) is 59.7 Å². The Kier molecular flexibility index (Phi) is 5.95. The molecule has 1 aromatic heterocycles. The number of esters is 1. The van der Waals surface area contributed by atoms with Gasteiger partial charge < -0.3 is 10.1 Å². The smallest absolute Gasteiger partial charge is 0.359 e. The van der Waals surface area contributed by atoms with E-state index in [0.717, 1.165) is 5.56 Å². The Morgan fingerprint density at radius 3 is 2.50 bits per heavy atom. The average molecular weight is 328 g/mol. The molecule has 1 aromatic carbocycles. The molecule has 0 radical (unpaired) electrons. The van der Waals surface area contributed by atoms with Crippen LogP contribution in [0.5, 0.6) is 0 Å². The molecule has 2 rings (SSSR count). The highest BCUT2D eigenvalue weighted by Gasteiger charge is 2.13. The van der Waals surface area contributed by atoms with Crippen LogP contribution in [-0.2, 0) is 16.1 Å². The Bertz CT molecular complexity index is 717. The molecule has 0 atom stereocenters. The molecule has 8 heteroatoms. The summed E-state index contributed by atoms with van der Waals surface area (Å²) in [4.78, 5) is 42.5. The van der Waals surface area contributed by atoms with Crippen LogP contribution in [0.2, 0.25) is 0 Å². The predicted octanol–water partition coefficient (Wildman–Crippen LogP) is 0.968. The molecule has 0 saturated heterocycles. The van der Waals surface area contributed by atoms with Gasteiger partial charge in [-0.2, -0.15) is 0 Å². The zero-order chi connectivity index (χ0) is 17.4. The van der Waals surface area contributed by atoms with Crippen molar-refractivity contribution >= 4 is 17.9 Å². The first kappa shape index (κ1) is 17.1. The third kappa shape index (κ3) is 5.48. The number of rotatable bonds is 5. The van der Waals surface area contributed by atoms with Crippen molar-refractivity contribution in [1.29, 1.82) is 0 Å². The Balaban J connectivity index is 1.71. The lowest BCUT2D eigenvalue weighted by Crippen LogP contribution is -2.41. The van der Waals surface area contributed by atoms with E-state index in [2.05, 4.69) is 20.6 Å². The van der Waals surface area contributed by atoms with Gasteiger partial charge in [0, 0.05) is 12.7 Å². The molecule has 0 saturated carbocycles. The highest BCUT2D eigenvalue weighted by atomic mass is 16.5. The summed E-state index contributed by atoms with van der Waals surface area (Å²) in [7, 11) is 0. The average Bonchev–Trinajstić information content (AvgIpc) is 2.59. The highest BCUT2D eigenvalue weighted by molar-refractivity contribution is 5.96. The molecule has 0 aliphatic carbocycles.